The van der Waals surface area contributed by atoms with Crippen molar-refractivity contribution < 1.29 is 0 Å². The van der Waals surface area contributed by atoms with Gasteiger partial charge in [0.05, 0.1) is 10.7 Å². The second-order valence-electron chi connectivity index (χ2n) is 5.14. The Kier molecular flexibility index (Phi) is 3.98. The minimum atomic E-state index is 0.693. The number of rotatable bonds is 3. The number of aryl methyl sites for hydroxylation is 1. The molecule has 3 unspecified atom stereocenters. The van der Waals surface area contributed by atoms with Crippen molar-refractivity contribution in [1.29, 1.82) is 0 Å². The van der Waals surface area contributed by atoms with Crippen LogP contribution < -0.4 is 5.32 Å². The summed E-state index contributed by atoms with van der Waals surface area (Å²) in [6.45, 7) is 4.47. The molecule has 0 amide bonds. The number of nitrogens with one attached hydrogen (secondary N) is 1. The predicted octanol–water partition coefficient (Wildman–Crippen LogP) is 3.02. The topological polar surface area (TPSA) is 24.9 Å². The number of hydrogen-bond donors (Lipinski definition) is 1. The van der Waals surface area contributed by atoms with Gasteiger partial charge in [-0.3, -0.25) is 0 Å². The first-order chi connectivity index (χ1) is 7.69. The van der Waals surface area contributed by atoms with Gasteiger partial charge in [-0.2, -0.15) is 0 Å². The Morgan fingerprint density at radius 3 is 2.94 bits per heavy atom. The molecule has 0 spiro atoms. The monoisotopic (exact) mass is 238 g/mol. The highest BCUT2D eigenvalue weighted by Crippen LogP contribution is 2.31. The van der Waals surface area contributed by atoms with E-state index >= 15 is 0 Å². The first-order valence-corrected chi connectivity index (χ1v) is 7.15. The largest absolute Gasteiger partial charge is 0.317 e. The molecule has 1 fully saturated rings. The Morgan fingerprint density at radius 1 is 1.50 bits per heavy atom. The van der Waals surface area contributed by atoms with Crippen molar-refractivity contribution in [3.8, 4) is 0 Å². The van der Waals surface area contributed by atoms with E-state index in [4.69, 9.17) is 0 Å². The van der Waals surface area contributed by atoms with Crippen molar-refractivity contribution in [3.63, 3.8) is 0 Å². The molecule has 16 heavy (non-hydrogen) atoms. The summed E-state index contributed by atoms with van der Waals surface area (Å²) >= 11 is 1.77. The molecule has 1 heterocycles. The lowest BCUT2D eigenvalue weighted by molar-refractivity contribution is 0.219. The Morgan fingerprint density at radius 2 is 2.31 bits per heavy atom. The maximum absolute atomic E-state index is 4.59. The lowest BCUT2D eigenvalue weighted by Gasteiger charge is -2.34. The zero-order valence-corrected chi connectivity index (χ0v) is 11.3. The average molecular weight is 238 g/mol. The molecule has 0 aromatic carbocycles. The number of aromatic nitrogens is 1. The van der Waals surface area contributed by atoms with Gasteiger partial charge < -0.3 is 5.32 Å². The summed E-state index contributed by atoms with van der Waals surface area (Å²) in [6, 6.07) is 0.693. The Balaban J connectivity index is 2.00. The fraction of sp³-hybridized carbons (Fsp3) is 0.769. The van der Waals surface area contributed by atoms with E-state index in [1.165, 1.54) is 30.0 Å². The van der Waals surface area contributed by atoms with Crippen LogP contribution in [-0.4, -0.2) is 18.1 Å². The van der Waals surface area contributed by atoms with Crippen LogP contribution >= 0.6 is 11.3 Å². The van der Waals surface area contributed by atoms with Crippen LogP contribution in [0.25, 0.3) is 0 Å². The summed E-state index contributed by atoms with van der Waals surface area (Å²) in [5.41, 5.74) is 1.29. The van der Waals surface area contributed by atoms with Crippen LogP contribution in [0.15, 0.2) is 5.38 Å². The Labute approximate surface area is 102 Å². The highest BCUT2D eigenvalue weighted by molar-refractivity contribution is 7.09. The summed E-state index contributed by atoms with van der Waals surface area (Å²) in [5, 5.41) is 6.90. The van der Waals surface area contributed by atoms with Gasteiger partial charge in [-0.15, -0.1) is 11.3 Å². The molecule has 0 aliphatic heterocycles. The third kappa shape index (κ3) is 2.83. The van der Waals surface area contributed by atoms with Gasteiger partial charge in [0.15, 0.2) is 0 Å². The van der Waals surface area contributed by atoms with Crippen LogP contribution in [0.4, 0.5) is 0 Å². The molecule has 1 aromatic heterocycles. The van der Waals surface area contributed by atoms with Crippen molar-refractivity contribution >= 4 is 11.3 Å². The molecule has 1 saturated carbocycles. The zero-order chi connectivity index (χ0) is 11.5. The number of thiazole rings is 1. The molecule has 2 rings (SSSR count). The van der Waals surface area contributed by atoms with E-state index in [9.17, 15) is 0 Å². The van der Waals surface area contributed by atoms with Gasteiger partial charge in [-0.05, 0) is 51.5 Å². The maximum atomic E-state index is 4.59. The molecule has 1 aromatic rings. The Bertz CT molecular complexity index is 334. The molecule has 0 bridgehead atoms. The average Bonchev–Trinajstić information content (AvgIpc) is 2.64. The Hall–Kier alpha value is -0.410. The van der Waals surface area contributed by atoms with Gasteiger partial charge in [0, 0.05) is 11.4 Å². The number of hydrogen-bond acceptors (Lipinski definition) is 3. The zero-order valence-electron chi connectivity index (χ0n) is 10.5. The van der Waals surface area contributed by atoms with Crippen LogP contribution in [0.3, 0.4) is 0 Å². The minimum Gasteiger partial charge on any atom is -0.317 e. The summed E-state index contributed by atoms with van der Waals surface area (Å²) in [5.74, 6) is 1.66. The van der Waals surface area contributed by atoms with Crippen LogP contribution in [0.1, 0.15) is 36.9 Å². The van der Waals surface area contributed by atoms with Crippen LogP contribution in [-0.2, 0) is 6.42 Å². The SMILES string of the molecule is CNC1CCC(C)CC1Cc1csc(C)n1. The first kappa shape index (κ1) is 12.1. The first-order valence-electron chi connectivity index (χ1n) is 6.27. The highest BCUT2D eigenvalue weighted by atomic mass is 32.1. The van der Waals surface area contributed by atoms with E-state index in [2.05, 4.69) is 36.6 Å². The molecule has 1 aliphatic carbocycles. The fourth-order valence-electron chi connectivity index (χ4n) is 2.87. The molecule has 0 radical (unpaired) electrons. The van der Waals surface area contributed by atoms with Gasteiger partial charge in [0.2, 0.25) is 0 Å². The quantitative estimate of drug-likeness (QED) is 0.875. The summed E-state index contributed by atoms with van der Waals surface area (Å²) in [6.07, 6.45) is 5.20. The second kappa shape index (κ2) is 5.28. The van der Waals surface area contributed by atoms with Gasteiger partial charge in [-0.25, -0.2) is 4.98 Å². The normalized spacial score (nSPS) is 30.6. The molecule has 1 N–H and O–H groups in total. The van der Waals surface area contributed by atoms with Crippen LogP contribution in [0.2, 0.25) is 0 Å². The molecule has 3 heteroatoms. The molecular weight excluding hydrogens is 216 g/mol. The maximum Gasteiger partial charge on any atom is 0.0897 e. The van der Waals surface area contributed by atoms with Crippen molar-refractivity contribution in [2.45, 2.75) is 45.6 Å². The predicted molar refractivity (Wildman–Crippen MR) is 69.9 cm³/mol. The van der Waals surface area contributed by atoms with E-state index < -0.39 is 0 Å². The van der Waals surface area contributed by atoms with Crippen molar-refractivity contribution in [2.75, 3.05) is 7.05 Å². The molecule has 3 atom stereocenters. The molecule has 1 aliphatic rings. The third-order valence-corrected chi connectivity index (χ3v) is 4.58. The van der Waals surface area contributed by atoms with Gasteiger partial charge >= 0.3 is 0 Å². The molecular formula is C13H22N2S. The fourth-order valence-corrected chi connectivity index (χ4v) is 3.50. The second-order valence-corrected chi connectivity index (χ2v) is 6.20. The summed E-state index contributed by atoms with van der Waals surface area (Å²) in [7, 11) is 2.10. The van der Waals surface area contributed by atoms with Gasteiger partial charge in [0.25, 0.3) is 0 Å². The molecule has 2 nitrogen and oxygen atoms in total. The van der Waals surface area contributed by atoms with E-state index in [1.54, 1.807) is 11.3 Å². The molecule has 0 saturated heterocycles. The van der Waals surface area contributed by atoms with Crippen molar-refractivity contribution in [3.05, 3.63) is 16.1 Å². The van der Waals surface area contributed by atoms with E-state index in [1.807, 2.05) is 0 Å². The number of nitrogens with zero attached hydrogens (tertiary/aromatic N) is 1. The standard InChI is InChI=1S/C13H22N2S/c1-9-4-5-13(14-3)11(6-9)7-12-8-16-10(2)15-12/h8-9,11,13-14H,4-7H2,1-3H3. The highest BCUT2D eigenvalue weighted by Gasteiger charge is 2.27. The van der Waals surface area contributed by atoms with Crippen LogP contribution in [0, 0.1) is 18.8 Å². The minimum absolute atomic E-state index is 0.693. The van der Waals surface area contributed by atoms with Gasteiger partial charge in [-0.1, -0.05) is 6.92 Å². The van der Waals surface area contributed by atoms with E-state index in [0.717, 1.165) is 18.3 Å². The lowest BCUT2D eigenvalue weighted by atomic mass is 9.77. The summed E-state index contributed by atoms with van der Waals surface area (Å²) in [4.78, 5) is 4.59. The van der Waals surface area contributed by atoms with Crippen molar-refractivity contribution in [1.82, 2.24) is 10.3 Å². The lowest BCUT2D eigenvalue weighted by Crippen LogP contribution is -2.39. The molecule has 90 valence electrons. The summed E-state index contributed by atoms with van der Waals surface area (Å²) < 4.78 is 0. The van der Waals surface area contributed by atoms with E-state index in [0.29, 0.717) is 6.04 Å². The third-order valence-electron chi connectivity index (χ3n) is 3.75. The van der Waals surface area contributed by atoms with E-state index in [-0.39, 0.29) is 0 Å². The smallest absolute Gasteiger partial charge is 0.0897 e. The van der Waals surface area contributed by atoms with Crippen molar-refractivity contribution in [2.24, 2.45) is 11.8 Å². The van der Waals surface area contributed by atoms with Crippen LogP contribution in [0.5, 0.6) is 0 Å². The van der Waals surface area contributed by atoms with Gasteiger partial charge in [0.1, 0.15) is 0 Å².